The lowest BCUT2D eigenvalue weighted by atomic mass is 10.1. The smallest absolute Gasteiger partial charge is 0.321 e. The zero-order valence-electron chi connectivity index (χ0n) is 12.3. The first-order valence-corrected chi connectivity index (χ1v) is 7.57. The number of aliphatic hydroxyl groups excluding tert-OH is 1. The Labute approximate surface area is 131 Å². The number of rotatable bonds is 5. The molecule has 22 heavy (non-hydrogen) atoms. The van der Waals surface area contributed by atoms with Crippen LogP contribution in [0.25, 0.3) is 0 Å². The highest BCUT2D eigenvalue weighted by Crippen LogP contribution is 2.22. The highest BCUT2D eigenvalue weighted by Gasteiger charge is 2.10. The number of carbonyl (C=O) groups is 1. The lowest BCUT2D eigenvalue weighted by Gasteiger charge is -2.07. The molecule has 6 nitrogen and oxygen atoms in total. The van der Waals surface area contributed by atoms with Crippen molar-refractivity contribution in [1.29, 1.82) is 0 Å². The second-order valence-electron chi connectivity index (χ2n) is 4.99. The lowest BCUT2D eigenvalue weighted by Crippen LogP contribution is -2.28. The van der Waals surface area contributed by atoms with Gasteiger partial charge in [0.25, 0.3) is 0 Å². The van der Waals surface area contributed by atoms with Crippen LogP contribution >= 0.6 is 11.3 Å². The van der Waals surface area contributed by atoms with Crippen molar-refractivity contribution in [3.63, 3.8) is 0 Å². The van der Waals surface area contributed by atoms with Crippen LogP contribution in [0.3, 0.4) is 0 Å². The molecule has 0 aliphatic rings. The highest BCUT2D eigenvalue weighted by atomic mass is 32.1. The van der Waals surface area contributed by atoms with E-state index in [4.69, 9.17) is 5.11 Å². The van der Waals surface area contributed by atoms with Crippen LogP contribution in [-0.2, 0) is 13.2 Å². The number of nitrogens with zero attached hydrogens (tertiary/aromatic N) is 2. The fourth-order valence-electron chi connectivity index (χ4n) is 1.67. The molecule has 2 aromatic rings. The van der Waals surface area contributed by atoms with E-state index in [9.17, 15) is 9.18 Å². The Balaban J connectivity index is 1.88. The fraction of sp³-hybridized carbons (Fsp3) is 0.357. The van der Waals surface area contributed by atoms with Gasteiger partial charge in [0.15, 0.2) is 0 Å². The van der Waals surface area contributed by atoms with Gasteiger partial charge in [0, 0.05) is 18.0 Å². The lowest BCUT2D eigenvalue weighted by molar-refractivity contribution is 0.251. The zero-order valence-corrected chi connectivity index (χ0v) is 13.1. The average Bonchev–Trinajstić information content (AvgIpc) is 2.94. The van der Waals surface area contributed by atoms with Gasteiger partial charge in [-0.25, -0.2) is 9.18 Å². The first kappa shape index (κ1) is 16.3. The molecule has 0 saturated heterocycles. The molecule has 0 saturated carbocycles. The van der Waals surface area contributed by atoms with Gasteiger partial charge < -0.3 is 10.4 Å². The Morgan fingerprint density at radius 3 is 2.77 bits per heavy atom. The molecule has 1 aromatic carbocycles. The summed E-state index contributed by atoms with van der Waals surface area (Å²) in [6.45, 7) is 3.81. The molecule has 0 spiro atoms. The molecule has 118 valence electrons. The van der Waals surface area contributed by atoms with Crippen molar-refractivity contribution in [2.75, 3.05) is 5.32 Å². The number of aromatic nitrogens is 2. The van der Waals surface area contributed by atoms with Gasteiger partial charge in [-0.05, 0) is 11.6 Å². The Kier molecular flexibility index (Phi) is 5.40. The number of carbonyl (C=O) groups excluding carboxylic acids is 1. The van der Waals surface area contributed by atoms with Crippen molar-refractivity contribution < 1.29 is 14.3 Å². The number of urea groups is 1. The van der Waals surface area contributed by atoms with Crippen LogP contribution in [0.15, 0.2) is 18.2 Å². The molecular formula is C14H17FN4O2S. The van der Waals surface area contributed by atoms with Crippen molar-refractivity contribution in [2.45, 2.75) is 32.9 Å². The standard InChI is InChI=1S/C14H17FN4O2S/c1-8(2)12-18-19-14(22-12)17-13(21)16-6-9-3-4-10(7-20)11(15)5-9/h3-5,8,20H,6-7H2,1-2H3,(H2,16,17,19,21). The van der Waals surface area contributed by atoms with E-state index in [2.05, 4.69) is 20.8 Å². The second-order valence-corrected chi connectivity index (χ2v) is 6.00. The van der Waals surface area contributed by atoms with Crippen molar-refractivity contribution in [2.24, 2.45) is 0 Å². The van der Waals surface area contributed by atoms with Gasteiger partial charge in [-0.1, -0.05) is 37.3 Å². The summed E-state index contributed by atoms with van der Waals surface area (Å²) in [7, 11) is 0. The summed E-state index contributed by atoms with van der Waals surface area (Å²) in [5.74, 6) is -0.239. The van der Waals surface area contributed by atoms with Gasteiger partial charge in [-0.2, -0.15) is 0 Å². The Hall–Kier alpha value is -2.06. The van der Waals surface area contributed by atoms with Crippen LogP contribution in [0.1, 0.15) is 35.9 Å². The van der Waals surface area contributed by atoms with Gasteiger partial charge in [0.05, 0.1) is 6.61 Å². The summed E-state index contributed by atoms with van der Waals surface area (Å²) in [6, 6.07) is 3.99. The van der Waals surface area contributed by atoms with Crippen LogP contribution in [0.5, 0.6) is 0 Å². The molecule has 3 N–H and O–H groups in total. The second kappa shape index (κ2) is 7.28. The highest BCUT2D eigenvalue weighted by molar-refractivity contribution is 7.15. The SMILES string of the molecule is CC(C)c1nnc(NC(=O)NCc2ccc(CO)c(F)c2)s1. The largest absolute Gasteiger partial charge is 0.392 e. The Bertz CT molecular complexity index is 660. The molecule has 0 aliphatic heterocycles. The van der Waals surface area contributed by atoms with Gasteiger partial charge in [0.2, 0.25) is 5.13 Å². The van der Waals surface area contributed by atoms with E-state index in [1.165, 1.54) is 23.5 Å². The summed E-state index contributed by atoms with van der Waals surface area (Å²) < 4.78 is 13.5. The molecule has 1 heterocycles. The quantitative estimate of drug-likeness (QED) is 0.789. The topological polar surface area (TPSA) is 87.1 Å². The number of aliphatic hydroxyl groups is 1. The van der Waals surface area contributed by atoms with Crippen molar-refractivity contribution in [1.82, 2.24) is 15.5 Å². The van der Waals surface area contributed by atoms with Crippen LogP contribution in [0, 0.1) is 5.82 Å². The summed E-state index contributed by atoms with van der Waals surface area (Å²) >= 11 is 1.32. The molecule has 2 rings (SSSR count). The summed E-state index contributed by atoms with van der Waals surface area (Å²) in [5, 5.41) is 23.2. The average molecular weight is 324 g/mol. The molecular weight excluding hydrogens is 307 g/mol. The van der Waals surface area contributed by atoms with E-state index in [0.717, 1.165) is 5.01 Å². The molecule has 0 unspecified atom stereocenters. The molecule has 1 aromatic heterocycles. The predicted octanol–water partition coefficient (Wildman–Crippen LogP) is 2.61. The van der Waals surface area contributed by atoms with Crippen molar-refractivity contribution in [3.8, 4) is 0 Å². The maximum Gasteiger partial charge on any atom is 0.321 e. The van der Waals surface area contributed by atoms with Crippen LogP contribution in [0.2, 0.25) is 0 Å². The first-order chi connectivity index (χ1) is 10.5. The molecule has 0 atom stereocenters. The third kappa shape index (κ3) is 4.22. The Morgan fingerprint density at radius 1 is 1.41 bits per heavy atom. The minimum Gasteiger partial charge on any atom is -0.392 e. The van der Waals surface area contributed by atoms with E-state index in [1.54, 1.807) is 6.07 Å². The number of halogens is 1. The molecule has 2 amide bonds. The van der Waals surface area contributed by atoms with Crippen molar-refractivity contribution in [3.05, 3.63) is 40.2 Å². The summed E-state index contributed by atoms with van der Waals surface area (Å²) in [4.78, 5) is 11.8. The summed E-state index contributed by atoms with van der Waals surface area (Å²) in [5.41, 5.74) is 0.827. The van der Waals surface area contributed by atoms with E-state index in [-0.39, 0.29) is 24.6 Å². The number of anilines is 1. The van der Waals surface area contributed by atoms with Gasteiger partial charge in [-0.3, -0.25) is 5.32 Å². The molecule has 0 aliphatic carbocycles. The van der Waals surface area contributed by atoms with Crippen LogP contribution in [0.4, 0.5) is 14.3 Å². The predicted molar refractivity (Wildman–Crippen MR) is 82.2 cm³/mol. The molecule has 0 bridgehead atoms. The molecule has 8 heteroatoms. The zero-order chi connectivity index (χ0) is 16.1. The monoisotopic (exact) mass is 324 g/mol. The van der Waals surface area contributed by atoms with Gasteiger partial charge >= 0.3 is 6.03 Å². The van der Waals surface area contributed by atoms with Crippen LogP contribution in [-0.4, -0.2) is 21.3 Å². The Morgan fingerprint density at radius 2 is 2.18 bits per heavy atom. The number of amides is 2. The third-order valence-electron chi connectivity index (χ3n) is 2.90. The van der Waals surface area contributed by atoms with E-state index in [0.29, 0.717) is 10.7 Å². The minimum absolute atomic E-state index is 0.171. The number of nitrogens with one attached hydrogen (secondary N) is 2. The van der Waals surface area contributed by atoms with Crippen molar-refractivity contribution >= 4 is 22.5 Å². The minimum atomic E-state index is -0.493. The number of hydrogen-bond donors (Lipinski definition) is 3. The van der Waals surface area contributed by atoms with E-state index < -0.39 is 11.8 Å². The first-order valence-electron chi connectivity index (χ1n) is 6.76. The number of benzene rings is 1. The third-order valence-corrected chi connectivity index (χ3v) is 4.04. The van der Waals surface area contributed by atoms with Crippen LogP contribution < -0.4 is 10.6 Å². The number of hydrogen-bond acceptors (Lipinski definition) is 5. The maximum atomic E-state index is 13.5. The van der Waals surface area contributed by atoms with Gasteiger partial charge in [-0.15, -0.1) is 10.2 Å². The fourth-order valence-corrected chi connectivity index (χ4v) is 2.41. The molecule has 0 fully saturated rings. The summed E-state index contributed by atoms with van der Waals surface area (Å²) in [6.07, 6.45) is 0. The normalized spacial score (nSPS) is 10.8. The van der Waals surface area contributed by atoms with Gasteiger partial charge in [0.1, 0.15) is 10.8 Å². The maximum absolute atomic E-state index is 13.5. The van der Waals surface area contributed by atoms with E-state index >= 15 is 0 Å². The van der Waals surface area contributed by atoms with E-state index in [1.807, 2.05) is 13.8 Å². The molecule has 0 radical (unpaired) electrons.